The Morgan fingerprint density at radius 1 is 1.15 bits per heavy atom. The number of hydrogen-bond acceptors (Lipinski definition) is 1. The molecule has 0 saturated heterocycles. The smallest absolute Gasteiger partial charge is 0.107 e. The van der Waals surface area contributed by atoms with E-state index in [0.29, 0.717) is 5.92 Å². The third kappa shape index (κ3) is 2.32. The van der Waals surface area contributed by atoms with Gasteiger partial charge in [-0.15, -0.1) is 0 Å². The van der Waals surface area contributed by atoms with Crippen LogP contribution >= 0.6 is 31.9 Å². The predicted molar refractivity (Wildman–Crippen MR) is 60.8 cm³/mol. The fourth-order valence-corrected chi connectivity index (χ4v) is 3.13. The molecule has 1 aromatic rings. The standard InChI is InChI=1S/C10H11Br2N/c11-8-5-9(13-10(12)6-8)7-3-1-2-4-7/h5-7H,1-4H2. The summed E-state index contributed by atoms with van der Waals surface area (Å²) in [4.78, 5) is 4.50. The second-order valence-electron chi connectivity index (χ2n) is 3.51. The fourth-order valence-electron chi connectivity index (χ4n) is 1.92. The van der Waals surface area contributed by atoms with Gasteiger partial charge in [-0.2, -0.15) is 0 Å². The van der Waals surface area contributed by atoms with E-state index in [4.69, 9.17) is 0 Å². The molecule has 0 unspecified atom stereocenters. The van der Waals surface area contributed by atoms with Crippen LogP contribution in [-0.4, -0.2) is 4.98 Å². The van der Waals surface area contributed by atoms with Gasteiger partial charge in [-0.05, 0) is 40.9 Å². The molecule has 0 atom stereocenters. The van der Waals surface area contributed by atoms with E-state index >= 15 is 0 Å². The van der Waals surface area contributed by atoms with Gasteiger partial charge in [0.1, 0.15) is 4.60 Å². The van der Waals surface area contributed by atoms with Crippen LogP contribution in [0.15, 0.2) is 21.2 Å². The summed E-state index contributed by atoms with van der Waals surface area (Å²) in [6.45, 7) is 0. The Morgan fingerprint density at radius 3 is 2.46 bits per heavy atom. The minimum atomic E-state index is 0.689. The maximum atomic E-state index is 4.50. The molecule has 0 N–H and O–H groups in total. The van der Waals surface area contributed by atoms with E-state index in [9.17, 15) is 0 Å². The summed E-state index contributed by atoms with van der Waals surface area (Å²) < 4.78 is 2.06. The maximum absolute atomic E-state index is 4.50. The maximum Gasteiger partial charge on any atom is 0.107 e. The van der Waals surface area contributed by atoms with Gasteiger partial charge in [0.2, 0.25) is 0 Å². The van der Waals surface area contributed by atoms with E-state index in [1.165, 1.54) is 31.4 Å². The van der Waals surface area contributed by atoms with E-state index in [1.54, 1.807) is 0 Å². The van der Waals surface area contributed by atoms with Crippen molar-refractivity contribution in [2.45, 2.75) is 31.6 Å². The zero-order valence-corrected chi connectivity index (χ0v) is 10.4. The van der Waals surface area contributed by atoms with Crippen LogP contribution in [0.3, 0.4) is 0 Å². The lowest BCUT2D eigenvalue weighted by molar-refractivity contribution is 0.694. The van der Waals surface area contributed by atoms with Crippen molar-refractivity contribution in [1.82, 2.24) is 4.98 Å². The Bertz CT molecular complexity index is 286. The molecule has 0 aromatic carbocycles. The van der Waals surface area contributed by atoms with Gasteiger partial charge in [-0.3, -0.25) is 0 Å². The quantitative estimate of drug-likeness (QED) is 0.706. The van der Waals surface area contributed by atoms with Gasteiger partial charge < -0.3 is 0 Å². The van der Waals surface area contributed by atoms with Crippen LogP contribution in [0.2, 0.25) is 0 Å². The zero-order valence-electron chi connectivity index (χ0n) is 7.26. The molecule has 2 rings (SSSR count). The van der Waals surface area contributed by atoms with Crippen molar-refractivity contribution in [2.24, 2.45) is 0 Å². The second kappa shape index (κ2) is 4.09. The highest BCUT2D eigenvalue weighted by Crippen LogP contribution is 2.34. The average molecular weight is 305 g/mol. The molecule has 1 heterocycles. The van der Waals surface area contributed by atoms with Crippen molar-refractivity contribution >= 4 is 31.9 Å². The van der Waals surface area contributed by atoms with Crippen molar-refractivity contribution in [3.05, 3.63) is 26.9 Å². The molecule has 1 aromatic heterocycles. The molecule has 1 nitrogen and oxygen atoms in total. The van der Waals surface area contributed by atoms with Crippen molar-refractivity contribution in [3.63, 3.8) is 0 Å². The van der Waals surface area contributed by atoms with Crippen LogP contribution in [0.1, 0.15) is 37.3 Å². The number of halogens is 2. The van der Waals surface area contributed by atoms with E-state index in [2.05, 4.69) is 42.9 Å². The second-order valence-corrected chi connectivity index (χ2v) is 5.24. The normalized spacial score (nSPS) is 18.0. The largest absolute Gasteiger partial charge is 0.246 e. The van der Waals surface area contributed by atoms with Gasteiger partial charge >= 0.3 is 0 Å². The van der Waals surface area contributed by atoms with Gasteiger partial charge in [0.25, 0.3) is 0 Å². The molecule has 1 saturated carbocycles. The summed E-state index contributed by atoms with van der Waals surface area (Å²) in [6, 6.07) is 4.12. The first kappa shape index (κ1) is 9.66. The Balaban J connectivity index is 2.28. The SMILES string of the molecule is Brc1cc(Br)nc(C2CCCC2)c1. The molecule has 0 aliphatic heterocycles. The summed E-state index contributed by atoms with van der Waals surface area (Å²) in [6.07, 6.45) is 5.32. The highest BCUT2D eigenvalue weighted by atomic mass is 79.9. The summed E-state index contributed by atoms with van der Waals surface area (Å²) in [5, 5.41) is 0. The molecule has 1 fully saturated rings. The Kier molecular flexibility index (Phi) is 3.04. The van der Waals surface area contributed by atoms with Crippen molar-refractivity contribution < 1.29 is 0 Å². The third-order valence-corrected chi connectivity index (χ3v) is 3.42. The van der Waals surface area contributed by atoms with Crippen LogP contribution in [0, 0.1) is 0 Å². The molecule has 3 heteroatoms. The highest BCUT2D eigenvalue weighted by Gasteiger charge is 2.18. The molecule has 70 valence electrons. The summed E-state index contributed by atoms with van der Waals surface area (Å²) in [5.74, 6) is 0.689. The van der Waals surface area contributed by atoms with Gasteiger partial charge in [-0.25, -0.2) is 4.98 Å². The minimum Gasteiger partial charge on any atom is -0.246 e. The molecular formula is C10H11Br2N. The van der Waals surface area contributed by atoms with Crippen LogP contribution in [0.25, 0.3) is 0 Å². The van der Waals surface area contributed by atoms with E-state index in [1.807, 2.05) is 6.07 Å². The molecular weight excluding hydrogens is 294 g/mol. The van der Waals surface area contributed by atoms with E-state index in [-0.39, 0.29) is 0 Å². The summed E-state index contributed by atoms with van der Waals surface area (Å²) in [7, 11) is 0. The first-order valence-electron chi connectivity index (χ1n) is 4.59. The summed E-state index contributed by atoms with van der Waals surface area (Å²) >= 11 is 6.91. The van der Waals surface area contributed by atoms with Crippen molar-refractivity contribution in [2.75, 3.05) is 0 Å². The first-order chi connectivity index (χ1) is 6.25. The summed E-state index contributed by atoms with van der Waals surface area (Å²) in [5.41, 5.74) is 1.23. The first-order valence-corrected chi connectivity index (χ1v) is 6.17. The number of rotatable bonds is 1. The van der Waals surface area contributed by atoms with Crippen molar-refractivity contribution in [3.8, 4) is 0 Å². The molecule has 0 radical (unpaired) electrons. The van der Waals surface area contributed by atoms with Gasteiger partial charge in [0.05, 0.1) is 0 Å². The number of nitrogens with zero attached hydrogens (tertiary/aromatic N) is 1. The van der Waals surface area contributed by atoms with Crippen LogP contribution < -0.4 is 0 Å². The molecule has 13 heavy (non-hydrogen) atoms. The lowest BCUT2D eigenvalue weighted by Crippen LogP contribution is -1.96. The number of aromatic nitrogens is 1. The average Bonchev–Trinajstić information content (AvgIpc) is 2.53. The lowest BCUT2D eigenvalue weighted by atomic mass is 10.0. The van der Waals surface area contributed by atoms with E-state index in [0.717, 1.165) is 9.08 Å². The topological polar surface area (TPSA) is 12.9 Å². The third-order valence-electron chi connectivity index (χ3n) is 2.55. The molecule has 1 aliphatic carbocycles. The fraction of sp³-hybridized carbons (Fsp3) is 0.500. The van der Waals surface area contributed by atoms with Gasteiger partial charge in [-0.1, -0.05) is 28.8 Å². The molecule has 1 aliphatic rings. The molecule has 0 bridgehead atoms. The molecule has 0 spiro atoms. The highest BCUT2D eigenvalue weighted by molar-refractivity contribution is 9.11. The number of pyridine rings is 1. The monoisotopic (exact) mass is 303 g/mol. The van der Waals surface area contributed by atoms with Gasteiger partial charge in [0, 0.05) is 16.1 Å². The molecule has 0 amide bonds. The van der Waals surface area contributed by atoms with Crippen LogP contribution in [0.5, 0.6) is 0 Å². The lowest BCUT2D eigenvalue weighted by Gasteiger charge is -2.08. The van der Waals surface area contributed by atoms with E-state index < -0.39 is 0 Å². The van der Waals surface area contributed by atoms with Gasteiger partial charge in [0.15, 0.2) is 0 Å². The van der Waals surface area contributed by atoms with Crippen LogP contribution in [0.4, 0.5) is 0 Å². The Hall–Kier alpha value is 0.110. The minimum absolute atomic E-state index is 0.689. The Morgan fingerprint density at radius 2 is 1.85 bits per heavy atom. The Labute approximate surface area is 95.2 Å². The number of hydrogen-bond donors (Lipinski definition) is 0. The zero-order chi connectivity index (χ0) is 9.26. The van der Waals surface area contributed by atoms with Crippen molar-refractivity contribution in [1.29, 1.82) is 0 Å². The van der Waals surface area contributed by atoms with Crippen LogP contribution in [-0.2, 0) is 0 Å². The predicted octanol–water partition coefficient (Wildman–Crippen LogP) is 4.26.